The van der Waals surface area contributed by atoms with Crippen molar-refractivity contribution in [2.75, 3.05) is 11.3 Å². The number of halogens is 1. The van der Waals surface area contributed by atoms with Crippen molar-refractivity contribution in [3.63, 3.8) is 0 Å². The van der Waals surface area contributed by atoms with Crippen molar-refractivity contribution in [1.29, 1.82) is 0 Å². The van der Waals surface area contributed by atoms with Crippen molar-refractivity contribution in [1.82, 2.24) is 0 Å². The lowest BCUT2D eigenvalue weighted by atomic mass is 10.2. The molecule has 128 valence electrons. The van der Waals surface area contributed by atoms with Crippen molar-refractivity contribution in [2.45, 2.75) is 18.2 Å². The lowest BCUT2D eigenvalue weighted by molar-refractivity contribution is -0.384. The van der Waals surface area contributed by atoms with Crippen LogP contribution in [0.5, 0.6) is 5.75 Å². The molecule has 0 spiro atoms. The van der Waals surface area contributed by atoms with Gasteiger partial charge in [0.25, 0.3) is 15.7 Å². The minimum absolute atomic E-state index is 0.0486. The van der Waals surface area contributed by atoms with Crippen LogP contribution >= 0.6 is 11.6 Å². The summed E-state index contributed by atoms with van der Waals surface area (Å²) in [4.78, 5) is 10.5. The molecular weight excluding hydrogens is 356 g/mol. The van der Waals surface area contributed by atoms with Crippen molar-refractivity contribution < 1.29 is 18.1 Å². The lowest BCUT2D eigenvalue weighted by Gasteiger charge is -2.10. The second kappa shape index (κ2) is 7.50. The van der Waals surface area contributed by atoms with Crippen LogP contribution in [-0.2, 0) is 10.0 Å². The van der Waals surface area contributed by atoms with E-state index in [-0.39, 0.29) is 16.3 Å². The highest BCUT2D eigenvalue weighted by molar-refractivity contribution is 7.92. The second-order valence-corrected chi connectivity index (χ2v) is 6.96. The van der Waals surface area contributed by atoms with E-state index in [1.807, 2.05) is 6.92 Å². The van der Waals surface area contributed by atoms with Gasteiger partial charge in [-0.1, -0.05) is 18.5 Å². The van der Waals surface area contributed by atoms with Crippen LogP contribution in [0.1, 0.15) is 13.3 Å². The quantitative estimate of drug-likeness (QED) is 0.589. The second-order valence-electron chi connectivity index (χ2n) is 4.84. The summed E-state index contributed by atoms with van der Waals surface area (Å²) in [6, 6.07) is 9.44. The molecule has 9 heteroatoms. The van der Waals surface area contributed by atoms with E-state index in [1.165, 1.54) is 42.5 Å². The number of hydrogen-bond donors (Lipinski definition) is 1. The molecule has 1 N–H and O–H groups in total. The van der Waals surface area contributed by atoms with Crippen molar-refractivity contribution >= 4 is 33.0 Å². The predicted octanol–water partition coefficient (Wildman–Crippen LogP) is 3.84. The highest BCUT2D eigenvalue weighted by Crippen LogP contribution is 2.31. The predicted molar refractivity (Wildman–Crippen MR) is 91.1 cm³/mol. The molecule has 0 atom stereocenters. The Kier molecular flexibility index (Phi) is 5.63. The zero-order valence-corrected chi connectivity index (χ0v) is 14.3. The zero-order chi connectivity index (χ0) is 17.7. The molecule has 0 amide bonds. The first-order valence-corrected chi connectivity index (χ1v) is 8.89. The number of nitrogens with zero attached hydrogens (tertiary/aromatic N) is 1. The molecule has 0 heterocycles. The van der Waals surface area contributed by atoms with E-state index in [1.54, 1.807) is 0 Å². The molecule has 2 aromatic carbocycles. The SMILES string of the molecule is CCCOc1ccc(NS(=O)(=O)c2ccc(Cl)cc2)c([N+](=O)[O-])c1. The Morgan fingerprint density at radius 1 is 1.21 bits per heavy atom. The lowest BCUT2D eigenvalue weighted by Crippen LogP contribution is -2.14. The summed E-state index contributed by atoms with van der Waals surface area (Å²) in [5, 5.41) is 11.6. The van der Waals surface area contributed by atoms with Gasteiger partial charge in [0, 0.05) is 5.02 Å². The Morgan fingerprint density at radius 3 is 2.46 bits per heavy atom. The normalized spacial score (nSPS) is 11.1. The van der Waals surface area contributed by atoms with Gasteiger partial charge in [0.15, 0.2) is 0 Å². The van der Waals surface area contributed by atoms with Crippen LogP contribution in [0, 0.1) is 10.1 Å². The smallest absolute Gasteiger partial charge is 0.297 e. The van der Waals surface area contributed by atoms with E-state index in [0.717, 1.165) is 6.42 Å². The number of ether oxygens (including phenoxy) is 1. The molecule has 0 aliphatic heterocycles. The standard InChI is InChI=1S/C15H15ClN2O5S/c1-2-9-23-12-5-8-14(15(10-12)18(19)20)17-24(21,22)13-6-3-11(16)4-7-13/h3-8,10,17H,2,9H2,1H3. The number of hydrogen-bond acceptors (Lipinski definition) is 5. The highest BCUT2D eigenvalue weighted by Gasteiger charge is 2.21. The summed E-state index contributed by atoms with van der Waals surface area (Å²) >= 11 is 5.73. The molecular formula is C15H15ClN2O5S. The Morgan fingerprint density at radius 2 is 1.88 bits per heavy atom. The summed E-state index contributed by atoms with van der Waals surface area (Å²) in [6.07, 6.45) is 0.749. The Balaban J connectivity index is 2.34. The van der Waals surface area contributed by atoms with Crippen LogP contribution in [0.15, 0.2) is 47.4 Å². The van der Waals surface area contributed by atoms with Gasteiger partial charge in [-0.3, -0.25) is 14.8 Å². The first-order valence-electron chi connectivity index (χ1n) is 7.03. The minimum Gasteiger partial charge on any atom is -0.493 e. The number of sulfonamides is 1. The Hall–Kier alpha value is -2.32. The highest BCUT2D eigenvalue weighted by atomic mass is 35.5. The molecule has 0 fully saturated rings. The third-order valence-electron chi connectivity index (χ3n) is 3.01. The van der Waals surface area contributed by atoms with E-state index in [9.17, 15) is 18.5 Å². The molecule has 0 saturated carbocycles. The molecule has 0 aromatic heterocycles. The van der Waals surface area contributed by atoms with E-state index < -0.39 is 14.9 Å². The third kappa shape index (κ3) is 4.36. The van der Waals surface area contributed by atoms with E-state index >= 15 is 0 Å². The van der Waals surface area contributed by atoms with Crippen LogP contribution in [-0.4, -0.2) is 19.9 Å². The van der Waals surface area contributed by atoms with Crippen molar-refractivity contribution in [3.8, 4) is 5.75 Å². The van der Waals surface area contributed by atoms with E-state index in [0.29, 0.717) is 17.4 Å². The molecule has 24 heavy (non-hydrogen) atoms. The largest absolute Gasteiger partial charge is 0.493 e. The number of nitro groups is 1. The summed E-state index contributed by atoms with van der Waals surface area (Å²) < 4.78 is 32.2. The fourth-order valence-electron chi connectivity index (χ4n) is 1.88. The first-order chi connectivity index (χ1) is 11.3. The van der Waals surface area contributed by atoms with Gasteiger partial charge in [-0.05, 0) is 42.8 Å². The summed E-state index contributed by atoms with van der Waals surface area (Å²) in [5.41, 5.74) is -0.528. The molecule has 0 aliphatic rings. The monoisotopic (exact) mass is 370 g/mol. The van der Waals surface area contributed by atoms with Gasteiger partial charge in [0.2, 0.25) is 0 Å². The maximum Gasteiger partial charge on any atom is 0.297 e. The van der Waals surface area contributed by atoms with E-state index in [2.05, 4.69) is 4.72 Å². The van der Waals surface area contributed by atoms with Crippen LogP contribution in [0.2, 0.25) is 5.02 Å². The van der Waals surface area contributed by atoms with Gasteiger partial charge in [0.1, 0.15) is 11.4 Å². The van der Waals surface area contributed by atoms with Crippen molar-refractivity contribution in [2.24, 2.45) is 0 Å². The van der Waals surface area contributed by atoms with Gasteiger partial charge in [-0.15, -0.1) is 0 Å². The molecule has 0 radical (unpaired) electrons. The fraction of sp³-hybridized carbons (Fsp3) is 0.200. The van der Waals surface area contributed by atoms with Crippen molar-refractivity contribution in [3.05, 3.63) is 57.6 Å². The molecule has 2 aromatic rings. The van der Waals surface area contributed by atoms with Gasteiger partial charge < -0.3 is 4.74 Å². The average Bonchev–Trinajstić information content (AvgIpc) is 2.53. The summed E-state index contributed by atoms with van der Waals surface area (Å²) in [6.45, 7) is 2.32. The van der Waals surface area contributed by atoms with Crippen LogP contribution < -0.4 is 9.46 Å². The van der Waals surface area contributed by atoms with Gasteiger partial charge in [0.05, 0.1) is 22.5 Å². The molecule has 0 bridgehead atoms. The van der Waals surface area contributed by atoms with Crippen LogP contribution in [0.3, 0.4) is 0 Å². The molecule has 0 saturated heterocycles. The average molecular weight is 371 g/mol. The number of benzene rings is 2. The van der Waals surface area contributed by atoms with Gasteiger partial charge >= 0.3 is 0 Å². The molecule has 0 unspecified atom stereocenters. The molecule has 7 nitrogen and oxygen atoms in total. The first kappa shape index (κ1) is 18.0. The number of nitro benzene ring substituents is 1. The van der Waals surface area contributed by atoms with Crippen LogP contribution in [0.4, 0.5) is 11.4 Å². The fourth-order valence-corrected chi connectivity index (χ4v) is 3.08. The van der Waals surface area contributed by atoms with E-state index in [4.69, 9.17) is 16.3 Å². The Labute approximate surface area is 144 Å². The molecule has 0 aliphatic carbocycles. The number of nitrogens with one attached hydrogen (secondary N) is 1. The third-order valence-corrected chi connectivity index (χ3v) is 4.64. The molecule has 2 rings (SSSR count). The van der Waals surface area contributed by atoms with Gasteiger partial charge in [-0.2, -0.15) is 0 Å². The van der Waals surface area contributed by atoms with Gasteiger partial charge in [-0.25, -0.2) is 8.42 Å². The topological polar surface area (TPSA) is 98.5 Å². The van der Waals surface area contributed by atoms with Crippen LogP contribution in [0.25, 0.3) is 0 Å². The maximum absolute atomic E-state index is 12.3. The summed E-state index contributed by atoms with van der Waals surface area (Å²) in [7, 11) is -3.97. The Bertz CT molecular complexity index is 837. The number of rotatable bonds is 7. The summed E-state index contributed by atoms with van der Waals surface area (Å²) in [5.74, 6) is 0.304. The maximum atomic E-state index is 12.3. The number of anilines is 1. The zero-order valence-electron chi connectivity index (χ0n) is 12.7. The minimum atomic E-state index is -3.97.